The third-order valence-electron chi connectivity index (χ3n) is 5.96. The standard InChI is InChI=1S/C25H29N5O3/c1-18-6-3-4-9-22(18)27-25(32)28-23-10-13-26-30(23)20-11-14-29(15-12-20)24(31)17-19-7-5-8-21(16-19)33-2/h3-10,13,16,20H,11-12,14-15,17H2,1-2H3,(H2,27,28,32). The van der Waals surface area contributed by atoms with Crippen LogP contribution in [0.25, 0.3) is 0 Å². The van der Waals surface area contributed by atoms with E-state index in [0.717, 1.165) is 35.4 Å². The lowest BCUT2D eigenvalue weighted by molar-refractivity contribution is -0.131. The molecule has 0 atom stereocenters. The number of rotatable bonds is 6. The molecule has 0 aliphatic carbocycles. The maximum atomic E-state index is 12.8. The first-order valence-electron chi connectivity index (χ1n) is 11.1. The Balaban J connectivity index is 1.32. The molecule has 8 nitrogen and oxygen atoms in total. The molecule has 1 saturated heterocycles. The smallest absolute Gasteiger partial charge is 0.324 e. The van der Waals surface area contributed by atoms with Gasteiger partial charge in [0.05, 0.1) is 25.8 Å². The maximum Gasteiger partial charge on any atom is 0.324 e. The molecule has 8 heteroatoms. The van der Waals surface area contributed by atoms with Crippen LogP contribution >= 0.6 is 0 Å². The monoisotopic (exact) mass is 447 g/mol. The largest absolute Gasteiger partial charge is 0.497 e. The Labute approximate surface area is 193 Å². The third kappa shape index (κ3) is 5.52. The van der Waals surface area contributed by atoms with Gasteiger partial charge >= 0.3 is 6.03 Å². The molecular formula is C25H29N5O3. The molecule has 0 radical (unpaired) electrons. The van der Waals surface area contributed by atoms with E-state index in [2.05, 4.69) is 15.7 Å². The van der Waals surface area contributed by atoms with E-state index in [4.69, 9.17) is 4.74 Å². The van der Waals surface area contributed by atoms with E-state index in [1.165, 1.54) is 0 Å². The predicted molar refractivity (Wildman–Crippen MR) is 128 cm³/mol. The lowest BCUT2D eigenvalue weighted by Crippen LogP contribution is -2.40. The van der Waals surface area contributed by atoms with E-state index in [0.29, 0.717) is 25.3 Å². The van der Waals surface area contributed by atoms with Gasteiger partial charge < -0.3 is 15.0 Å². The molecule has 0 saturated carbocycles. The second kappa shape index (κ2) is 10.2. The number of ether oxygens (including phenoxy) is 1. The van der Waals surface area contributed by atoms with Gasteiger partial charge in [-0.2, -0.15) is 5.10 Å². The summed E-state index contributed by atoms with van der Waals surface area (Å²) >= 11 is 0. The van der Waals surface area contributed by atoms with Gasteiger partial charge in [-0.3, -0.25) is 10.1 Å². The first kappa shape index (κ1) is 22.4. The summed E-state index contributed by atoms with van der Waals surface area (Å²) in [6.45, 7) is 3.26. The van der Waals surface area contributed by atoms with Crippen molar-refractivity contribution in [3.8, 4) is 5.75 Å². The average Bonchev–Trinajstić information content (AvgIpc) is 3.28. The van der Waals surface area contributed by atoms with Crippen molar-refractivity contribution in [3.63, 3.8) is 0 Å². The Bertz CT molecular complexity index is 1120. The molecule has 1 aliphatic rings. The quantitative estimate of drug-likeness (QED) is 0.591. The number of likely N-dealkylation sites (tertiary alicyclic amines) is 1. The minimum atomic E-state index is -0.308. The van der Waals surface area contributed by atoms with Gasteiger partial charge in [-0.15, -0.1) is 0 Å². The van der Waals surface area contributed by atoms with E-state index in [1.54, 1.807) is 19.4 Å². The predicted octanol–water partition coefficient (Wildman–Crippen LogP) is 4.25. The Morgan fingerprint density at radius 2 is 1.85 bits per heavy atom. The zero-order chi connectivity index (χ0) is 23.2. The minimum Gasteiger partial charge on any atom is -0.497 e. The number of urea groups is 1. The molecule has 172 valence electrons. The molecule has 1 aromatic heterocycles. The lowest BCUT2D eigenvalue weighted by Gasteiger charge is -2.33. The number of carbonyl (C=O) groups excluding carboxylic acids is 2. The summed E-state index contributed by atoms with van der Waals surface area (Å²) in [6, 6.07) is 16.8. The van der Waals surface area contributed by atoms with Crippen molar-refractivity contribution in [2.75, 3.05) is 30.8 Å². The fourth-order valence-electron chi connectivity index (χ4n) is 4.12. The van der Waals surface area contributed by atoms with Gasteiger partial charge in [-0.25, -0.2) is 9.48 Å². The minimum absolute atomic E-state index is 0.109. The van der Waals surface area contributed by atoms with E-state index in [-0.39, 0.29) is 18.0 Å². The molecular weight excluding hydrogens is 418 g/mol. The van der Waals surface area contributed by atoms with E-state index in [9.17, 15) is 9.59 Å². The van der Waals surface area contributed by atoms with Gasteiger partial charge in [0, 0.05) is 24.8 Å². The summed E-state index contributed by atoms with van der Waals surface area (Å²) in [6.07, 6.45) is 3.60. The van der Waals surface area contributed by atoms with Gasteiger partial charge in [0.25, 0.3) is 0 Å². The summed E-state index contributed by atoms with van der Waals surface area (Å²) in [5.74, 6) is 1.50. The number of hydrogen-bond donors (Lipinski definition) is 2. The second-order valence-electron chi connectivity index (χ2n) is 8.20. The Morgan fingerprint density at radius 1 is 1.06 bits per heavy atom. The number of amides is 3. The average molecular weight is 448 g/mol. The molecule has 3 amide bonds. The van der Waals surface area contributed by atoms with Gasteiger partial charge in [0.15, 0.2) is 0 Å². The zero-order valence-corrected chi connectivity index (χ0v) is 19.0. The van der Waals surface area contributed by atoms with Crippen molar-refractivity contribution in [1.82, 2.24) is 14.7 Å². The summed E-state index contributed by atoms with van der Waals surface area (Å²) in [5.41, 5.74) is 2.70. The topological polar surface area (TPSA) is 88.5 Å². The van der Waals surface area contributed by atoms with Crippen LogP contribution in [0, 0.1) is 6.92 Å². The first-order valence-corrected chi connectivity index (χ1v) is 11.1. The Morgan fingerprint density at radius 3 is 2.61 bits per heavy atom. The van der Waals surface area contributed by atoms with Crippen LogP contribution in [0.15, 0.2) is 60.8 Å². The number of para-hydroxylation sites is 1. The number of aryl methyl sites for hydroxylation is 1. The Hall–Kier alpha value is -3.81. The first-order chi connectivity index (χ1) is 16.0. The number of methoxy groups -OCH3 is 1. The molecule has 3 aromatic rings. The molecule has 4 rings (SSSR count). The zero-order valence-electron chi connectivity index (χ0n) is 19.0. The summed E-state index contributed by atoms with van der Waals surface area (Å²) in [5, 5.41) is 10.2. The molecule has 1 aliphatic heterocycles. The molecule has 33 heavy (non-hydrogen) atoms. The van der Waals surface area contributed by atoms with E-state index >= 15 is 0 Å². The van der Waals surface area contributed by atoms with E-state index in [1.807, 2.05) is 65.0 Å². The molecule has 0 spiro atoms. The number of aromatic nitrogens is 2. The Kier molecular flexibility index (Phi) is 6.92. The number of nitrogens with one attached hydrogen (secondary N) is 2. The van der Waals surface area contributed by atoms with Crippen LogP contribution in [0.5, 0.6) is 5.75 Å². The van der Waals surface area contributed by atoms with Crippen molar-refractivity contribution in [2.24, 2.45) is 0 Å². The fourth-order valence-corrected chi connectivity index (χ4v) is 4.12. The van der Waals surface area contributed by atoms with Crippen molar-refractivity contribution in [1.29, 1.82) is 0 Å². The summed E-state index contributed by atoms with van der Waals surface area (Å²) in [4.78, 5) is 27.2. The van der Waals surface area contributed by atoms with Crippen molar-refractivity contribution in [2.45, 2.75) is 32.2 Å². The number of hydrogen-bond acceptors (Lipinski definition) is 4. The second-order valence-corrected chi connectivity index (χ2v) is 8.20. The molecule has 0 bridgehead atoms. The lowest BCUT2D eigenvalue weighted by atomic mass is 10.0. The molecule has 0 unspecified atom stereocenters. The van der Waals surface area contributed by atoms with Crippen LogP contribution in [-0.4, -0.2) is 46.8 Å². The molecule has 2 heterocycles. The summed E-state index contributed by atoms with van der Waals surface area (Å²) < 4.78 is 7.09. The van der Waals surface area contributed by atoms with Crippen LogP contribution < -0.4 is 15.4 Å². The van der Waals surface area contributed by atoms with Crippen LogP contribution in [0.1, 0.15) is 30.0 Å². The SMILES string of the molecule is COc1cccc(CC(=O)N2CCC(n3nccc3NC(=O)Nc3ccccc3C)CC2)c1. The van der Waals surface area contributed by atoms with Crippen LogP contribution in [-0.2, 0) is 11.2 Å². The van der Waals surface area contributed by atoms with E-state index < -0.39 is 0 Å². The highest BCUT2D eigenvalue weighted by Gasteiger charge is 2.26. The van der Waals surface area contributed by atoms with Gasteiger partial charge in [0.1, 0.15) is 11.6 Å². The van der Waals surface area contributed by atoms with Crippen molar-refractivity contribution < 1.29 is 14.3 Å². The highest BCUT2D eigenvalue weighted by atomic mass is 16.5. The number of nitrogens with zero attached hydrogens (tertiary/aromatic N) is 3. The molecule has 1 fully saturated rings. The molecule has 2 aromatic carbocycles. The normalized spacial score (nSPS) is 14.1. The highest BCUT2D eigenvalue weighted by Crippen LogP contribution is 2.26. The number of anilines is 2. The maximum absolute atomic E-state index is 12.8. The van der Waals surface area contributed by atoms with Crippen LogP contribution in [0.4, 0.5) is 16.3 Å². The molecule has 2 N–H and O–H groups in total. The fraction of sp³-hybridized carbons (Fsp3) is 0.320. The number of benzene rings is 2. The van der Waals surface area contributed by atoms with Crippen molar-refractivity contribution in [3.05, 3.63) is 71.9 Å². The third-order valence-corrected chi connectivity index (χ3v) is 5.96. The van der Waals surface area contributed by atoms with Gasteiger partial charge in [0.2, 0.25) is 5.91 Å². The van der Waals surface area contributed by atoms with Gasteiger partial charge in [-0.05, 0) is 49.1 Å². The number of carbonyl (C=O) groups is 2. The highest BCUT2D eigenvalue weighted by molar-refractivity contribution is 5.99. The number of piperidine rings is 1. The van der Waals surface area contributed by atoms with Crippen LogP contribution in [0.3, 0.4) is 0 Å². The van der Waals surface area contributed by atoms with Crippen molar-refractivity contribution >= 4 is 23.4 Å². The van der Waals surface area contributed by atoms with Gasteiger partial charge in [-0.1, -0.05) is 30.3 Å². The van der Waals surface area contributed by atoms with Crippen LogP contribution in [0.2, 0.25) is 0 Å². The summed E-state index contributed by atoms with van der Waals surface area (Å²) in [7, 11) is 1.62.